The molecule has 0 heterocycles. The summed E-state index contributed by atoms with van der Waals surface area (Å²) in [7, 11) is 0. The van der Waals surface area contributed by atoms with Crippen molar-refractivity contribution in [3.05, 3.63) is 0 Å². The van der Waals surface area contributed by atoms with Crippen molar-refractivity contribution < 1.29 is 14.7 Å². The maximum absolute atomic E-state index is 11.9. The van der Waals surface area contributed by atoms with Crippen LogP contribution in [0.2, 0.25) is 0 Å². The molecule has 2 N–H and O–H groups in total. The molecule has 5 nitrogen and oxygen atoms in total. The molecule has 1 aliphatic carbocycles. The van der Waals surface area contributed by atoms with Crippen LogP contribution in [0.1, 0.15) is 26.7 Å². The van der Waals surface area contributed by atoms with Gasteiger partial charge in [-0.2, -0.15) is 11.8 Å². The Bertz CT molecular complexity index is 282. The number of rotatable bonds is 7. The quantitative estimate of drug-likeness (QED) is 0.725. The minimum absolute atomic E-state index is 0.0718. The van der Waals surface area contributed by atoms with E-state index in [0.717, 1.165) is 24.3 Å². The predicted molar refractivity (Wildman–Crippen MR) is 68.4 cm³/mol. The van der Waals surface area contributed by atoms with Crippen LogP contribution in [0.25, 0.3) is 0 Å². The minimum Gasteiger partial charge on any atom is -0.480 e. The fourth-order valence-corrected chi connectivity index (χ4v) is 2.20. The van der Waals surface area contributed by atoms with Crippen molar-refractivity contribution in [1.82, 2.24) is 10.2 Å². The van der Waals surface area contributed by atoms with E-state index in [4.69, 9.17) is 5.11 Å². The van der Waals surface area contributed by atoms with Gasteiger partial charge in [-0.05, 0) is 25.5 Å². The molecule has 1 unspecified atom stereocenters. The highest BCUT2D eigenvalue weighted by molar-refractivity contribution is 7.99. The Kier molecular flexibility index (Phi) is 5.61. The van der Waals surface area contributed by atoms with Gasteiger partial charge in [0.05, 0.1) is 0 Å². The van der Waals surface area contributed by atoms with Crippen LogP contribution in [0, 0.1) is 0 Å². The second-order valence-electron chi connectivity index (χ2n) is 4.26. The van der Waals surface area contributed by atoms with Gasteiger partial charge < -0.3 is 15.3 Å². The number of aliphatic carboxylic acids is 1. The number of thioether (sulfide) groups is 1. The van der Waals surface area contributed by atoms with Crippen molar-refractivity contribution in [3.63, 3.8) is 0 Å². The van der Waals surface area contributed by atoms with Crippen LogP contribution in [0.5, 0.6) is 0 Å². The summed E-state index contributed by atoms with van der Waals surface area (Å²) in [6.45, 7) is 3.80. The number of carbonyl (C=O) groups excluding carboxylic acids is 1. The lowest BCUT2D eigenvalue weighted by Crippen LogP contribution is -2.47. The summed E-state index contributed by atoms with van der Waals surface area (Å²) in [4.78, 5) is 24.0. The lowest BCUT2D eigenvalue weighted by atomic mass is 10.4. The van der Waals surface area contributed by atoms with Gasteiger partial charge >= 0.3 is 12.0 Å². The normalized spacial score (nSPS) is 16.4. The van der Waals surface area contributed by atoms with Gasteiger partial charge in [0.25, 0.3) is 0 Å². The number of nitrogens with zero attached hydrogens (tertiary/aromatic N) is 1. The molecule has 0 aromatic carbocycles. The van der Waals surface area contributed by atoms with Gasteiger partial charge in [0.15, 0.2) is 0 Å². The van der Waals surface area contributed by atoms with Crippen LogP contribution >= 0.6 is 11.8 Å². The van der Waals surface area contributed by atoms with Gasteiger partial charge in [-0.25, -0.2) is 4.79 Å². The van der Waals surface area contributed by atoms with Crippen LogP contribution in [0.15, 0.2) is 0 Å². The van der Waals surface area contributed by atoms with Crippen molar-refractivity contribution >= 4 is 23.8 Å². The number of amides is 2. The first-order valence-corrected chi connectivity index (χ1v) is 7.06. The number of carbonyl (C=O) groups is 2. The Morgan fingerprint density at radius 3 is 2.65 bits per heavy atom. The van der Waals surface area contributed by atoms with Gasteiger partial charge in [-0.15, -0.1) is 0 Å². The smallest absolute Gasteiger partial charge is 0.323 e. The molecule has 0 aromatic rings. The van der Waals surface area contributed by atoms with E-state index in [2.05, 4.69) is 12.2 Å². The predicted octanol–water partition coefficient (Wildman–Crippen LogP) is 1.39. The Labute approximate surface area is 106 Å². The summed E-state index contributed by atoms with van der Waals surface area (Å²) in [5, 5.41) is 11.6. The third kappa shape index (κ3) is 5.30. The molecule has 2 amide bonds. The van der Waals surface area contributed by atoms with Crippen LogP contribution in [0.3, 0.4) is 0 Å². The molecule has 0 spiro atoms. The standard InChI is InChI=1S/C11H20N2O3S/c1-3-17-7-8(2)12-11(16)13(6-10(14)15)9-4-5-9/h8-9H,3-7H2,1-2H3,(H,12,16)(H,14,15). The molecule has 0 aromatic heterocycles. The summed E-state index contributed by atoms with van der Waals surface area (Å²) in [5.74, 6) is 0.915. The van der Waals surface area contributed by atoms with Crippen molar-refractivity contribution in [2.75, 3.05) is 18.1 Å². The maximum Gasteiger partial charge on any atom is 0.323 e. The average Bonchev–Trinajstić information content (AvgIpc) is 3.06. The highest BCUT2D eigenvalue weighted by Gasteiger charge is 2.34. The lowest BCUT2D eigenvalue weighted by Gasteiger charge is -2.23. The molecule has 0 aliphatic heterocycles. The highest BCUT2D eigenvalue weighted by atomic mass is 32.2. The lowest BCUT2D eigenvalue weighted by molar-refractivity contribution is -0.137. The van der Waals surface area contributed by atoms with E-state index in [1.807, 2.05) is 6.92 Å². The molecule has 0 bridgehead atoms. The SMILES string of the molecule is CCSCC(C)NC(=O)N(CC(=O)O)C1CC1. The van der Waals surface area contributed by atoms with Gasteiger partial charge in [0.2, 0.25) is 0 Å². The Balaban J connectivity index is 2.39. The van der Waals surface area contributed by atoms with E-state index >= 15 is 0 Å². The third-order valence-electron chi connectivity index (χ3n) is 2.50. The maximum atomic E-state index is 11.9. The molecule has 1 fully saturated rings. The molecule has 0 radical (unpaired) electrons. The number of hydrogen-bond donors (Lipinski definition) is 2. The van der Waals surface area contributed by atoms with Crippen LogP contribution < -0.4 is 5.32 Å². The van der Waals surface area contributed by atoms with Crippen molar-refractivity contribution in [1.29, 1.82) is 0 Å². The second kappa shape index (κ2) is 6.74. The number of urea groups is 1. The first kappa shape index (κ1) is 14.2. The summed E-state index contributed by atoms with van der Waals surface area (Å²) < 4.78 is 0. The van der Waals surface area contributed by atoms with E-state index in [1.165, 1.54) is 4.90 Å². The summed E-state index contributed by atoms with van der Waals surface area (Å²) in [5.41, 5.74) is 0. The number of hydrogen-bond acceptors (Lipinski definition) is 3. The van der Waals surface area contributed by atoms with E-state index in [1.54, 1.807) is 11.8 Å². The van der Waals surface area contributed by atoms with Gasteiger partial charge in [0, 0.05) is 17.8 Å². The molecule has 6 heteroatoms. The van der Waals surface area contributed by atoms with Crippen LogP contribution in [-0.2, 0) is 4.79 Å². The van der Waals surface area contributed by atoms with E-state index in [-0.39, 0.29) is 24.7 Å². The monoisotopic (exact) mass is 260 g/mol. The van der Waals surface area contributed by atoms with Crippen LogP contribution in [-0.4, -0.2) is 52.1 Å². The van der Waals surface area contributed by atoms with E-state index < -0.39 is 5.97 Å². The molecule has 1 saturated carbocycles. The zero-order chi connectivity index (χ0) is 12.8. The minimum atomic E-state index is -0.956. The molecular formula is C11H20N2O3S. The van der Waals surface area contributed by atoms with E-state index in [9.17, 15) is 9.59 Å². The van der Waals surface area contributed by atoms with E-state index in [0.29, 0.717) is 0 Å². The molecular weight excluding hydrogens is 240 g/mol. The van der Waals surface area contributed by atoms with Gasteiger partial charge in [0.1, 0.15) is 6.54 Å². The zero-order valence-electron chi connectivity index (χ0n) is 10.3. The third-order valence-corrected chi connectivity index (χ3v) is 3.64. The summed E-state index contributed by atoms with van der Waals surface area (Å²) in [6.07, 6.45) is 1.83. The largest absolute Gasteiger partial charge is 0.480 e. The average molecular weight is 260 g/mol. The zero-order valence-corrected chi connectivity index (χ0v) is 11.1. The topological polar surface area (TPSA) is 69.6 Å². The van der Waals surface area contributed by atoms with Crippen molar-refractivity contribution in [3.8, 4) is 0 Å². The fourth-order valence-electron chi connectivity index (χ4n) is 1.53. The van der Waals surface area contributed by atoms with Gasteiger partial charge in [-0.1, -0.05) is 6.92 Å². The molecule has 1 rings (SSSR count). The first-order valence-electron chi connectivity index (χ1n) is 5.91. The Morgan fingerprint density at radius 1 is 1.53 bits per heavy atom. The summed E-state index contributed by atoms with van der Waals surface area (Å²) >= 11 is 1.76. The first-order chi connectivity index (χ1) is 8.04. The fraction of sp³-hybridized carbons (Fsp3) is 0.818. The molecule has 1 atom stereocenters. The number of carboxylic acids is 1. The Morgan fingerprint density at radius 2 is 2.18 bits per heavy atom. The highest BCUT2D eigenvalue weighted by Crippen LogP contribution is 2.26. The summed E-state index contributed by atoms with van der Waals surface area (Å²) in [6, 6.07) is -0.0567. The van der Waals surface area contributed by atoms with Crippen molar-refractivity contribution in [2.45, 2.75) is 38.8 Å². The molecule has 1 aliphatic rings. The number of carboxylic acid groups (broad SMARTS) is 1. The Hall–Kier alpha value is -0.910. The van der Waals surface area contributed by atoms with Gasteiger partial charge in [-0.3, -0.25) is 4.79 Å². The second-order valence-corrected chi connectivity index (χ2v) is 5.58. The number of nitrogens with one attached hydrogen (secondary N) is 1. The molecule has 98 valence electrons. The molecule has 0 saturated heterocycles. The molecule has 17 heavy (non-hydrogen) atoms. The van der Waals surface area contributed by atoms with Crippen LogP contribution in [0.4, 0.5) is 4.79 Å². The van der Waals surface area contributed by atoms with Crippen molar-refractivity contribution in [2.24, 2.45) is 0 Å².